The predicted octanol–water partition coefficient (Wildman–Crippen LogP) is 4.18. The first kappa shape index (κ1) is 20.9. The Morgan fingerprint density at radius 1 is 0.966 bits per heavy atom. The van der Waals surface area contributed by atoms with Crippen LogP contribution in [0, 0.1) is 19.3 Å². The standard InChI is InChI=1S/C24H31N3O2/c1-5-27(6-2)20-11-12-21(18(4)15-20)26-23(29)24(13-14-24)22(28)25-16-19-10-8-7-9-17(19)3/h7-12,15H,5-6,13-14,16H2,1-4H3,(H,25,28)(H,26,29). The van der Waals surface area contributed by atoms with E-state index in [1.807, 2.05) is 50.2 Å². The van der Waals surface area contributed by atoms with Crippen LogP contribution in [0.15, 0.2) is 42.5 Å². The maximum Gasteiger partial charge on any atom is 0.240 e. The van der Waals surface area contributed by atoms with Crippen molar-refractivity contribution in [3.8, 4) is 0 Å². The number of aryl methyl sites for hydroxylation is 2. The van der Waals surface area contributed by atoms with Gasteiger partial charge in [0.05, 0.1) is 0 Å². The highest BCUT2D eigenvalue weighted by Gasteiger charge is 2.56. The molecule has 1 fully saturated rings. The van der Waals surface area contributed by atoms with Crippen LogP contribution in [0.4, 0.5) is 11.4 Å². The Labute approximate surface area is 173 Å². The Hall–Kier alpha value is -2.82. The van der Waals surface area contributed by atoms with E-state index in [1.54, 1.807) is 0 Å². The van der Waals surface area contributed by atoms with Gasteiger partial charge in [-0.05, 0) is 75.4 Å². The molecule has 5 nitrogen and oxygen atoms in total. The van der Waals surface area contributed by atoms with Crippen LogP contribution in [0.5, 0.6) is 0 Å². The van der Waals surface area contributed by atoms with Gasteiger partial charge in [-0.3, -0.25) is 9.59 Å². The molecule has 2 aromatic rings. The third-order valence-corrected chi connectivity index (χ3v) is 5.91. The normalized spacial score (nSPS) is 14.2. The van der Waals surface area contributed by atoms with Crippen LogP contribution in [0.2, 0.25) is 0 Å². The smallest absolute Gasteiger partial charge is 0.240 e. The molecule has 2 amide bonds. The molecule has 29 heavy (non-hydrogen) atoms. The predicted molar refractivity (Wildman–Crippen MR) is 118 cm³/mol. The monoisotopic (exact) mass is 393 g/mol. The molecule has 1 aliphatic rings. The summed E-state index contributed by atoms with van der Waals surface area (Å²) in [6, 6.07) is 14.0. The van der Waals surface area contributed by atoms with Crippen molar-refractivity contribution in [1.82, 2.24) is 5.32 Å². The van der Waals surface area contributed by atoms with Crippen molar-refractivity contribution in [2.75, 3.05) is 23.3 Å². The zero-order valence-corrected chi connectivity index (χ0v) is 17.8. The van der Waals surface area contributed by atoms with E-state index in [0.29, 0.717) is 19.4 Å². The Bertz CT molecular complexity index is 899. The fraction of sp³-hybridized carbons (Fsp3) is 0.417. The average molecular weight is 394 g/mol. The molecule has 3 rings (SSSR count). The van der Waals surface area contributed by atoms with Gasteiger partial charge in [0.25, 0.3) is 0 Å². The van der Waals surface area contributed by atoms with Crippen molar-refractivity contribution >= 4 is 23.2 Å². The minimum Gasteiger partial charge on any atom is -0.372 e. The summed E-state index contributed by atoms with van der Waals surface area (Å²) in [6.45, 7) is 10.6. The number of nitrogens with one attached hydrogen (secondary N) is 2. The van der Waals surface area contributed by atoms with E-state index < -0.39 is 5.41 Å². The lowest BCUT2D eigenvalue weighted by atomic mass is 10.0. The number of hydrogen-bond acceptors (Lipinski definition) is 3. The van der Waals surface area contributed by atoms with Crippen LogP contribution in [-0.4, -0.2) is 24.9 Å². The summed E-state index contributed by atoms with van der Waals surface area (Å²) in [6.07, 6.45) is 1.18. The molecule has 0 aromatic heterocycles. The number of benzene rings is 2. The summed E-state index contributed by atoms with van der Waals surface area (Å²) >= 11 is 0. The number of hydrogen-bond donors (Lipinski definition) is 2. The maximum absolute atomic E-state index is 12.9. The van der Waals surface area contributed by atoms with Crippen molar-refractivity contribution in [3.63, 3.8) is 0 Å². The molecule has 0 aliphatic heterocycles. The number of carbonyl (C=O) groups excluding carboxylic acids is 2. The SMILES string of the molecule is CCN(CC)c1ccc(NC(=O)C2(C(=O)NCc3ccccc3C)CC2)c(C)c1. The zero-order chi connectivity index (χ0) is 21.0. The summed E-state index contributed by atoms with van der Waals surface area (Å²) < 4.78 is 0. The lowest BCUT2D eigenvalue weighted by Crippen LogP contribution is -2.39. The summed E-state index contributed by atoms with van der Waals surface area (Å²) in [4.78, 5) is 28.0. The molecule has 5 heteroatoms. The van der Waals surface area contributed by atoms with Crippen molar-refractivity contribution < 1.29 is 9.59 Å². The van der Waals surface area contributed by atoms with E-state index in [0.717, 1.165) is 41.2 Å². The average Bonchev–Trinajstić information content (AvgIpc) is 3.52. The molecule has 0 spiro atoms. The largest absolute Gasteiger partial charge is 0.372 e. The van der Waals surface area contributed by atoms with Gasteiger partial charge < -0.3 is 15.5 Å². The number of anilines is 2. The molecule has 0 bridgehead atoms. The fourth-order valence-electron chi connectivity index (χ4n) is 3.65. The highest BCUT2D eigenvalue weighted by atomic mass is 16.2. The van der Waals surface area contributed by atoms with E-state index in [4.69, 9.17) is 0 Å². The van der Waals surface area contributed by atoms with E-state index in [1.165, 1.54) is 0 Å². The number of amides is 2. The van der Waals surface area contributed by atoms with Gasteiger partial charge in [0, 0.05) is 31.0 Å². The Kier molecular flexibility index (Phi) is 6.26. The van der Waals surface area contributed by atoms with Crippen LogP contribution >= 0.6 is 0 Å². The molecule has 0 saturated heterocycles. The maximum atomic E-state index is 12.9. The minimum absolute atomic E-state index is 0.185. The van der Waals surface area contributed by atoms with Crippen LogP contribution in [-0.2, 0) is 16.1 Å². The minimum atomic E-state index is -0.938. The summed E-state index contributed by atoms with van der Waals surface area (Å²) in [5, 5.41) is 5.94. The second-order valence-corrected chi connectivity index (χ2v) is 7.82. The molecule has 0 unspecified atom stereocenters. The first-order chi connectivity index (χ1) is 13.9. The van der Waals surface area contributed by atoms with Crippen molar-refractivity contribution in [1.29, 1.82) is 0 Å². The van der Waals surface area contributed by atoms with E-state index in [2.05, 4.69) is 35.4 Å². The van der Waals surface area contributed by atoms with Crippen molar-refractivity contribution in [2.24, 2.45) is 5.41 Å². The molecular formula is C24H31N3O2. The van der Waals surface area contributed by atoms with Crippen LogP contribution < -0.4 is 15.5 Å². The first-order valence-corrected chi connectivity index (χ1v) is 10.4. The molecule has 1 saturated carbocycles. The number of nitrogens with zero attached hydrogens (tertiary/aromatic N) is 1. The quantitative estimate of drug-likeness (QED) is 0.661. The third-order valence-electron chi connectivity index (χ3n) is 5.91. The van der Waals surface area contributed by atoms with Gasteiger partial charge in [0.1, 0.15) is 5.41 Å². The van der Waals surface area contributed by atoms with Gasteiger partial charge in [-0.25, -0.2) is 0 Å². The van der Waals surface area contributed by atoms with Gasteiger partial charge in [0.2, 0.25) is 11.8 Å². The topological polar surface area (TPSA) is 61.4 Å². The summed E-state index contributed by atoms with van der Waals surface area (Å²) in [5.74, 6) is -0.394. The Morgan fingerprint density at radius 3 is 2.24 bits per heavy atom. The highest BCUT2D eigenvalue weighted by molar-refractivity contribution is 6.13. The molecule has 1 aliphatic carbocycles. The van der Waals surface area contributed by atoms with Gasteiger partial charge in [-0.1, -0.05) is 24.3 Å². The molecule has 2 N–H and O–H groups in total. The summed E-state index contributed by atoms with van der Waals surface area (Å²) in [7, 11) is 0. The van der Waals surface area contributed by atoms with E-state index in [9.17, 15) is 9.59 Å². The second-order valence-electron chi connectivity index (χ2n) is 7.82. The first-order valence-electron chi connectivity index (χ1n) is 10.4. The molecule has 154 valence electrons. The fourth-order valence-corrected chi connectivity index (χ4v) is 3.65. The van der Waals surface area contributed by atoms with Crippen LogP contribution in [0.3, 0.4) is 0 Å². The highest BCUT2D eigenvalue weighted by Crippen LogP contribution is 2.47. The van der Waals surface area contributed by atoms with Crippen LogP contribution in [0.1, 0.15) is 43.4 Å². The van der Waals surface area contributed by atoms with E-state index in [-0.39, 0.29) is 11.8 Å². The van der Waals surface area contributed by atoms with Crippen molar-refractivity contribution in [3.05, 3.63) is 59.2 Å². The molecule has 2 aromatic carbocycles. The molecule has 0 radical (unpaired) electrons. The van der Waals surface area contributed by atoms with Gasteiger partial charge in [-0.2, -0.15) is 0 Å². The Balaban J connectivity index is 1.65. The van der Waals surface area contributed by atoms with Gasteiger partial charge >= 0.3 is 0 Å². The zero-order valence-electron chi connectivity index (χ0n) is 17.8. The van der Waals surface area contributed by atoms with Crippen LogP contribution in [0.25, 0.3) is 0 Å². The Morgan fingerprint density at radius 2 is 1.66 bits per heavy atom. The van der Waals surface area contributed by atoms with Gasteiger partial charge in [0.15, 0.2) is 0 Å². The van der Waals surface area contributed by atoms with Gasteiger partial charge in [-0.15, -0.1) is 0 Å². The third kappa shape index (κ3) is 4.44. The second kappa shape index (κ2) is 8.68. The van der Waals surface area contributed by atoms with E-state index >= 15 is 0 Å². The number of rotatable bonds is 8. The lowest BCUT2D eigenvalue weighted by Gasteiger charge is -2.23. The number of carbonyl (C=O) groups is 2. The lowest BCUT2D eigenvalue weighted by molar-refractivity contribution is -0.134. The summed E-state index contributed by atoms with van der Waals surface area (Å²) in [5.41, 5.74) is 4.17. The molecule has 0 atom stereocenters. The molecule has 0 heterocycles. The molecular weight excluding hydrogens is 362 g/mol. The van der Waals surface area contributed by atoms with Crippen molar-refractivity contribution in [2.45, 2.75) is 47.1 Å².